The molecule has 12 heteroatoms. The van der Waals surface area contributed by atoms with Gasteiger partial charge in [-0.2, -0.15) is 0 Å². The van der Waals surface area contributed by atoms with Crippen molar-refractivity contribution in [3.63, 3.8) is 0 Å². The van der Waals surface area contributed by atoms with E-state index in [4.69, 9.17) is 4.74 Å². The van der Waals surface area contributed by atoms with Crippen molar-refractivity contribution in [1.82, 2.24) is 31.6 Å². The summed E-state index contributed by atoms with van der Waals surface area (Å²) in [7, 11) is 0. The van der Waals surface area contributed by atoms with Crippen LogP contribution in [-0.4, -0.2) is 71.8 Å². The van der Waals surface area contributed by atoms with Crippen LogP contribution in [0.2, 0.25) is 0 Å². The molecule has 44 heavy (non-hydrogen) atoms. The molecule has 0 fully saturated rings. The van der Waals surface area contributed by atoms with Crippen molar-refractivity contribution < 1.29 is 28.7 Å². The third kappa shape index (κ3) is 10.4. The minimum absolute atomic E-state index is 0.0329. The molecule has 0 saturated heterocycles. The van der Waals surface area contributed by atoms with Crippen LogP contribution >= 0.6 is 0 Å². The van der Waals surface area contributed by atoms with Crippen LogP contribution in [0.25, 0.3) is 0 Å². The molecule has 12 nitrogen and oxygen atoms in total. The van der Waals surface area contributed by atoms with Crippen LogP contribution in [0.3, 0.4) is 0 Å². The Balaban J connectivity index is 1.91. The molecule has 1 aliphatic heterocycles. The normalized spacial score (nSPS) is 22.1. The summed E-state index contributed by atoms with van der Waals surface area (Å²) in [6.45, 7) is 9.47. The fourth-order valence-corrected chi connectivity index (χ4v) is 4.73. The maximum atomic E-state index is 13.4. The van der Waals surface area contributed by atoms with Crippen molar-refractivity contribution in [2.24, 2.45) is 11.8 Å². The average molecular weight is 609 g/mol. The molecule has 1 aromatic carbocycles. The first kappa shape index (κ1) is 34.0. The number of aromatic nitrogens is 1. The molecule has 5 N–H and O–H groups in total. The van der Waals surface area contributed by atoms with Crippen LogP contribution < -0.4 is 31.3 Å². The Labute approximate surface area is 258 Å². The third-order valence-electron chi connectivity index (χ3n) is 7.03. The largest absolute Gasteiger partial charge is 0.491 e. The minimum Gasteiger partial charge on any atom is -0.491 e. The van der Waals surface area contributed by atoms with Gasteiger partial charge in [0.15, 0.2) is 0 Å². The first-order valence-corrected chi connectivity index (χ1v) is 15.0. The summed E-state index contributed by atoms with van der Waals surface area (Å²) < 4.78 is 5.90. The van der Waals surface area contributed by atoms with Crippen molar-refractivity contribution in [2.45, 2.75) is 78.0 Å². The van der Waals surface area contributed by atoms with Gasteiger partial charge in [-0.15, -0.1) is 0 Å². The molecule has 0 saturated carbocycles. The summed E-state index contributed by atoms with van der Waals surface area (Å²) in [5.41, 5.74) is 0.940. The Hall–Kier alpha value is -4.48. The van der Waals surface area contributed by atoms with Crippen molar-refractivity contribution >= 4 is 29.5 Å². The molecule has 2 heterocycles. The van der Waals surface area contributed by atoms with Crippen molar-refractivity contribution in [1.29, 1.82) is 0 Å². The summed E-state index contributed by atoms with van der Waals surface area (Å²) >= 11 is 0. The monoisotopic (exact) mass is 608 g/mol. The number of hydrogen-bond donors (Lipinski definition) is 5. The highest BCUT2D eigenvalue weighted by Gasteiger charge is 2.32. The Bertz CT molecular complexity index is 1300. The number of amides is 5. The predicted molar refractivity (Wildman–Crippen MR) is 165 cm³/mol. The van der Waals surface area contributed by atoms with Gasteiger partial charge in [0.25, 0.3) is 5.91 Å². The van der Waals surface area contributed by atoms with E-state index in [9.17, 15) is 24.0 Å². The number of para-hydroxylation sites is 1. The van der Waals surface area contributed by atoms with E-state index in [0.717, 1.165) is 5.69 Å². The van der Waals surface area contributed by atoms with Gasteiger partial charge in [-0.05, 0) is 49.4 Å². The SMILES string of the molecule is CC(C)C[C@@H]1NC(=O)C[C@@H](C(=O)NCCc2ccccn2)NC(=O)c2ccccc2OC[C@H](C)NC(=O)[C@@H](C(C)C)NC1=O. The molecule has 3 rings (SSSR count). The number of fused-ring (bicyclic) bond motifs is 1. The molecule has 2 aromatic rings. The molecule has 0 aliphatic carbocycles. The lowest BCUT2D eigenvalue weighted by Crippen LogP contribution is -2.57. The van der Waals surface area contributed by atoms with Gasteiger partial charge in [-0.1, -0.05) is 45.9 Å². The molecule has 0 unspecified atom stereocenters. The molecular weight excluding hydrogens is 564 g/mol. The fraction of sp³-hybridized carbons (Fsp3) is 0.500. The highest BCUT2D eigenvalue weighted by molar-refractivity contribution is 6.01. The Morgan fingerprint density at radius 1 is 0.955 bits per heavy atom. The zero-order chi connectivity index (χ0) is 32.2. The van der Waals surface area contributed by atoms with Crippen LogP contribution in [0.5, 0.6) is 5.75 Å². The van der Waals surface area contributed by atoms with E-state index in [0.29, 0.717) is 12.8 Å². The van der Waals surface area contributed by atoms with Gasteiger partial charge in [0.05, 0.1) is 18.0 Å². The molecule has 0 radical (unpaired) electrons. The highest BCUT2D eigenvalue weighted by Crippen LogP contribution is 2.19. The van der Waals surface area contributed by atoms with Gasteiger partial charge in [0.2, 0.25) is 23.6 Å². The summed E-state index contributed by atoms with van der Waals surface area (Å²) in [6, 6.07) is 8.46. The molecule has 0 bridgehead atoms. The number of benzene rings is 1. The first-order valence-electron chi connectivity index (χ1n) is 15.0. The van der Waals surface area contributed by atoms with Gasteiger partial charge < -0.3 is 31.3 Å². The second-order valence-corrected chi connectivity index (χ2v) is 11.8. The molecule has 1 aromatic heterocycles. The van der Waals surface area contributed by atoms with Gasteiger partial charge in [0.1, 0.15) is 30.5 Å². The fourth-order valence-electron chi connectivity index (χ4n) is 4.73. The molecule has 0 spiro atoms. The molecule has 4 atom stereocenters. The topological polar surface area (TPSA) is 168 Å². The summed E-state index contributed by atoms with van der Waals surface area (Å²) in [4.78, 5) is 70.9. The number of carbonyl (C=O) groups excluding carboxylic acids is 5. The van der Waals surface area contributed by atoms with E-state index in [1.54, 1.807) is 43.5 Å². The van der Waals surface area contributed by atoms with E-state index in [-0.39, 0.29) is 36.3 Å². The van der Waals surface area contributed by atoms with Gasteiger partial charge in [0, 0.05) is 24.9 Å². The van der Waals surface area contributed by atoms with Crippen LogP contribution in [-0.2, 0) is 25.6 Å². The number of nitrogens with one attached hydrogen (secondary N) is 5. The summed E-state index contributed by atoms with van der Waals surface area (Å²) in [5.74, 6) is -2.65. The standard InChI is InChI=1S/C32H44N6O6/c1-19(2)16-24-31(42)38-28(20(3)4)32(43)35-21(5)18-44-26-12-7-6-11-23(26)29(40)37-25(17-27(39)36-24)30(41)34-15-13-22-10-8-9-14-33-22/h6-12,14,19-21,24-25,28H,13,15-18H2,1-5H3,(H,34,41)(H,35,43)(H,36,39)(H,37,40)(H,38,42)/t21-,24-,25-,28+/m0/s1. The highest BCUT2D eigenvalue weighted by atomic mass is 16.5. The quantitative estimate of drug-likeness (QED) is 0.317. The zero-order valence-electron chi connectivity index (χ0n) is 26.0. The first-order chi connectivity index (χ1) is 20.9. The van der Waals surface area contributed by atoms with E-state index >= 15 is 0 Å². The van der Waals surface area contributed by atoms with Crippen LogP contribution in [0.1, 0.15) is 63.5 Å². The number of rotatable bonds is 7. The van der Waals surface area contributed by atoms with Gasteiger partial charge in [-0.25, -0.2) is 0 Å². The van der Waals surface area contributed by atoms with E-state index < -0.39 is 60.1 Å². The molecule has 238 valence electrons. The minimum atomic E-state index is -1.25. The Morgan fingerprint density at radius 3 is 2.36 bits per heavy atom. The number of pyridine rings is 1. The number of carbonyl (C=O) groups is 5. The van der Waals surface area contributed by atoms with E-state index in [1.807, 2.05) is 39.8 Å². The number of nitrogens with zero attached hydrogens (tertiary/aromatic N) is 1. The van der Waals surface area contributed by atoms with E-state index in [2.05, 4.69) is 31.6 Å². The van der Waals surface area contributed by atoms with E-state index in [1.165, 1.54) is 0 Å². The maximum absolute atomic E-state index is 13.4. The van der Waals surface area contributed by atoms with Crippen LogP contribution in [0.15, 0.2) is 48.7 Å². The van der Waals surface area contributed by atoms with Crippen molar-refractivity contribution in [2.75, 3.05) is 13.2 Å². The van der Waals surface area contributed by atoms with Gasteiger partial charge >= 0.3 is 0 Å². The second kappa shape index (κ2) is 16.4. The maximum Gasteiger partial charge on any atom is 0.255 e. The van der Waals surface area contributed by atoms with Crippen LogP contribution in [0, 0.1) is 11.8 Å². The van der Waals surface area contributed by atoms with Gasteiger partial charge in [-0.3, -0.25) is 29.0 Å². The molecule has 1 aliphatic rings. The predicted octanol–water partition coefficient (Wildman–Crippen LogP) is 1.50. The smallest absolute Gasteiger partial charge is 0.255 e. The second-order valence-electron chi connectivity index (χ2n) is 11.8. The Morgan fingerprint density at radius 2 is 1.68 bits per heavy atom. The summed E-state index contributed by atoms with van der Waals surface area (Å²) in [5, 5.41) is 13.8. The Kier molecular flexibility index (Phi) is 12.7. The van der Waals surface area contributed by atoms with Crippen molar-refractivity contribution in [3.05, 3.63) is 59.9 Å². The molecule has 5 amide bonds. The summed E-state index contributed by atoms with van der Waals surface area (Å²) in [6.07, 6.45) is 1.99. The number of ether oxygens (including phenoxy) is 1. The zero-order valence-corrected chi connectivity index (χ0v) is 26.0. The lowest BCUT2D eigenvalue weighted by Gasteiger charge is -2.27. The van der Waals surface area contributed by atoms with Crippen molar-refractivity contribution in [3.8, 4) is 5.75 Å². The average Bonchev–Trinajstić information content (AvgIpc) is 2.97. The lowest BCUT2D eigenvalue weighted by molar-refractivity contribution is -0.134. The lowest BCUT2D eigenvalue weighted by atomic mass is 9.99. The molecular formula is C32H44N6O6. The third-order valence-corrected chi connectivity index (χ3v) is 7.03. The number of hydrogen-bond acceptors (Lipinski definition) is 7. The van der Waals surface area contributed by atoms with Crippen LogP contribution in [0.4, 0.5) is 0 Å².